The Hall–Kier alpha value is -2.74. The monoisotopic (exact) mass is 456 g/mol. The van der Waals surface area contributed by atoms with Crippen molar-refractivity contribution in [3.05, 3.63) is 46.2 Å². The molecule has 0 saturated carbocycles. The Morgan fingerprint density at radius 2 is 1.97 bits per heavy atom. The van der Waals surface area contributed by atoms with Gasteiger partial charge in [0.15, 0.2) is 0 Å². The van der Waals surface area contributed by atoms with Crippen LogP contribution in [0.1, 0.15) is 80.5 Å². The summed E-state index contributed by atoms with van der Waals surface area (Å²) in [6, 6.07) is 5.50. The van der Waals surface area contributed by atoms with Crippen LogP contribution >= 0.6 is 11.3 Å². The number of carboxylic acid groups (broad SMARTS) is 1. The molecular formula is C24H32N4O3S. The van der Waals surface area contributed by atoms with Gasteiger partial charge in [0.25, 0.3) is 5.91 Å². The minimum absolute atomic E-state index is 0.0888. The molecule has 0 aliphatic rings. The highest BCUT2D eigenvalue weighted by atomic mass is 32.1. The lowest BCUT2D eigenvalue weighted by molar-refractivity contribution is -0.137. The average Bonchev–Trinajstić information content (AvgIpc) is 3.36. The van der Waals surface area contributed by atoms with Crippen molar-refractivity contribution < 1.29 is 14.7 Å². The van der Waals surface area contributed by atoms with E-state index in [1.807, 2.05) is 43.8 Å². The Labute approximate surface area is 192 Å². The Bertz CT molecular complexity index is 1050. The van der Waals surface area contributed by atoms with E-state index in [1.54, 1.807) is 11.3 Å². The number of nitrogens with one attached hydrogen (secondary N) is 1. The Morgan fingerprint density at radius 1 is 1.22 bits per heavy atom. The van der Waals surface area contributed by atoms with Crippen LogP contribution in [0.5, 0.6) is 0 Å². The van der Waals surface area contributed by atoms with Crippen LogP contribution in [-0.2, 0) is 11.2 Å². The molecule has 8 heteroatoms. The van der Waals surface area contributed by atoms with Gasteiger partial charge < -0.3 is 15.0 Å². The molecule has 0 spiro atoms. The van der Waals surface area contributed by atoms with E-state index in [-0.39, 0.29) is 18.2 Å². The standard InChI is InChI=1S/C24H32N4O3S/c1-5-18(6-2)28-21-8-7-16(24(31)26-17(9-15(3)4)11-23(29)30)10-20(21)27-22(28)12-19-13-25-14-32-19/h7-8,10,13-15,17-18H,5-6,9,11-12H2,1-4H3,(H,26,31)(H,29,30)/t17-/m0/s1. The van der Waals surface area contributed by atoms with Crippen LogP contribution in [0.4, 0.5) is 0 Å². The number of fused-ring (bicyclic) bond motifs is 1. The maximum absolute atomic E-state index is 12.9. The largest absolute Gasteiger partial charge is 0.481 e. The molecule has 1 amide bonds. The molecule has 32 heavy (non-hydrogen) atoms. The molecule has 7 nitrogen and oxygen atoms in total. The first-order valence-electron chi connectivity index (χ1n) is 11.2. The first kappa shape index (κ1) is 23.9. The smallest absolute Gasteiger partial charge is 0.305 e. The third kappa shape index (κ3) is 5.73. The van der Waals surface area contributed by atoms with Gasteiger partial charge in [0.2, 0.25) is 0 Å². The van der Waals surface area contributed by atoms with Gasteiger partial charge in [0, 0.05) is 35.1 Å². The van der Waals surface area contributed by atoms with Crippen molar-refractivity contribution in [2.24, 2.45) is 5.92 Å². The number of carboxylic acids is 1. The number of nitrogens with zero attached hydrogens (tertiary/aromatic N) is 3. The number of carbonyl (C=O) groups is 2. The maximum atomic E-state index is 12.9. The maximum Gasteiger partial charge on any atom is 0.305 e. The minimum Gasteiger partial charge on any atom is -0.481 e. The number of aliphatic carboxylic acids is 1. The molecule has 172 valence electrons. The predicted molar refractivity (Wildman–Crippen MR) is 127 cm³/mol. The summed E-state index contributed by atoms with van der Waals surface area (Å²) in [6.07, 6.45) is 5.08. The van der Waals surface area contributed by atoms with Gasteiger partial charge in [-0.15, -0.1) is 11.3 Å². The summed E-state index contributed by atoms with van der Waals surface area (Å²) >= 11 is 1.61. The number of carbonyl (C=O) groups excluding carboxylic acids is 1. The second-order valence-corrected chi connectivity index (χ2v) is 9.59. The normalized spacial score (nSPS) is 12.6. The molecule has 0 aliphatic heterocycles. The number of hydrogen-bond donors (Lipinski definition) is 2. The van der Waals surface area contributed by atoms with E-state index in [2.05, 4.69) is 28.7 Å². The molecule has 2 N–H and O–H groups in total. The van der Waals surface area contributed by atoms with Crippen molar-refractivity contribution in [1.82, 2.24) is 19.9 Å². The molecule has 3 aromatic rings. The summed E-state index contributed by atoms with van der Waals surface area (Å²) in [6.45, 7) is 8.38. The van der Waals surface area contributed by atoms with E-state index < -0.39 is 12.0 Å². The second-order valence-electron chi connectivity index (χ2n) is 8.61. The molecule has 3 rings (SSSR count). The predicted octanol–water partition coefficient (Wildman–Crippen LogP) is 5.06. The van der Waals surface area contributed by atoms with Crippen LogP contribution < -0.4 is 5.32 Å². The quantitative estimate of drug-likeness (QED) is 0.420. The van der Waals surface area contributed by atoms with E-state index in [4.69, 9.17) is 4.98 Å². The van der Waals surface area contributed by atoms with E-state index in [1.165, 1.54) is 0 Å². The Balaban J connectivity index is 1.93. The average molecular weight is 457 g/mol. The van der Waals surface area contributed by atoms with E-state index in [9.17, 15) is 14.7 Å². The molecule has 0 aliphatic carbocycles. The number of benzene rings is 1. The van der Waals surface area contributed by atoms with Crippen molar-refractivity contribution >= 4 is 34.2 Å². The van der Waals surface area contributed by atoms with Gasteiger partial charge in [0.05, 0.1) is 23.0 Å². The summed E-state index contributed by atoms with van der Waals surface area (Å²) in [4.78, 5) is 34.3. The van der Waals surface area contributed by atoms with Crippen LogP contribution in [0.15, 0.2) is 29.9 Å². The molecule has 0 bridgehead atoms. The number of aromatic nitrogens is 3. The fraction of sp³-hybridized carbons (Fsp3) is 0.500. The van der Waals surface area contributed by atoms with E-state index in [0.717, 1.165) is 34.6 Å². The van der Waals surface area contributed by atoms with Gasteiger partial charge in [0.1, 0.15) is 5.82 Å². The zero-order valence-electron chi connectivity index (χ0n) is 19.2. The van der Waals surface area contributed by atoms with E-state index in [0.29, 0.717) is 24.4 Å². The fourth-order valence-corrected chi connectivity index (χ4v) is 4.79. The minimum atomic E-state index is -0.914. The molecule has 0 fully saturated rings. The topological polar surface area (TPSA) is 97.1 Å². The summed E-state index contributed by atoms with van der Waals surface area (Å²) in [5.74, 6) is 0.0779. The first-order chi connectivity index (χ1) is 15.3. The highest BCUT2D eigenvalue weighted by Gasteiger charge is 2.21. The number of hydrogen-bond acceptors (Lipinski definition) is 5. The molecule has 0 unspecified atom stereocenters. The summed E-state index contributed by atoms with van der Waals surface area (Å²) in [5, 5.41) is 12.1. The molecule has 0 saturated heterocycles. The fourth-order valence-electron chi connectivity index (χ4n) is 4.20. The van der Waals surface area contributed by atoms with Crippen LogP contribution in [0, 0.1) is 5.92 Å². The van der Waals surface area contributed by atoms with Gasteiger partial charge in [-0.05, 0) is 43.4 Å². The second kappa shape index (κ2) is 10.7. The molecule has 1 atom stereocenters. The lowest BCUT2D eigenvalue weighted by atomic mass is 10.0. The number of rotatable bonds is 11. The van der Waals surface area contributed by atoms with Crippen molar-refractivity contribution in [3.63, 3.8) is 0 Å². The molecule has 0 radical (unpaired) electrons. The van der Waals surface area contributed by atoms with E-state index >= 15 is 0 Å². The van der Waals surface area contributed by atoms with Crippen molar-refractivity contribution in [2.45, 2.75) is 71.9 Å². The van der Waals surface area contributed by atoms with Crippen molar-refractivity contribution in [1.29, 1.82) is 0 Å². The number of imidazole rings is 1. The zero-order chi connectivity index (χ0) is 23.3. The molecule has 2 aromatic heterocycles. The van der Waals surface area contributed by atoms with Gasteiger partial charge >= 0.3 is 5.97 Å². The first-order valence-corrected chi connectivity index (χ1v) is 12.1. The SMILES string of the molecule is CCC(CC)n1c(Cc2cncs2)nc2cc(C(=O)N[C@H](CC(=O)O)CC(C)C)ccc21. The van der Waals surface area contributed by atoms with Crippen LogP contribution in [0.2, 0.25) is 0 Å². The summed E-state index contributed by atoms with van der Waals surface area (Å²) in [5.41, 5.74) is 4.11. The van der Waals surface area contributed by atoms with Gasteiger partial charge in [-0.3, -0.25) is 14.6 Å². The summed E-state index contributed by atoms with van der Waals surface area (Å²) < 4.78 is 2.29. The Kier molecular flexibility index (Phi) is 8.01. The number of thiazole rings is 1. The van der Waals surface area contributed by atoms with Crippen LogP contribution in [0.3, 0.4) is 0 Å². The zero-order valence-corrected chi connectivity index (χ0v) is 20.0. The van der Waals surface area contributed by atoms with Crippen LogP contribution in [0.25, 0.3) is 11.0 Å². The Morgan fingerprint density at radius 3 is 2.56 bits per heavy atom. The molecule has 1 aromatic carbocycles. The third-order valence-corrected chi connectivity index (χ3v) is 6.44. The van der Waals surface area contributed by atoms with Gasteiger partial charge in [-0.2, -0.15) is 0 Å². The summed E-state index contributed by atoms with van der Waals surface area (Å²) in [7, 11) is 0. The number of amides is 1. The molecular weight excluding hydrogens is 424 g/mol. The van der Waals surface area contributed by atoms with Crippen molar-refractivity contribution in [3.8, 4) is 0 Å². The van der Waals surface area contributed by atoms with Crippen LogP contribution in [-0.4, -0.2) is 37.6 Å². The lowest BCUT2D eigenvalue weighted by Crippen LogP contribution is -2.37. The van der Waals surface area contributed by atoms with Crippen molar-refractivity contribution in [2.75, 3.05) is 0 Å². The molecule has 2 heterocycles. The van der Waals surface area contributed by atoms with Gasteiger partial charge in [-0.25, -0.2) is 4.98 Å². The van der Waals surface area contributed by atoms with Gasteiger partial charge in [-0.1, -0.05) is 27.7 Å². The lowest BCUT2D eigenvalue weighted by Gasteiger charge is -2.19. The third-order valence-electron chi connectivity index (χ3n) is 5.66. The highest BCUT2D eigenvalue weighted by molar-refractivity contribution is 7.09. The highest BCUT2D eigenvalue weighted by Crippen LogP contribution is 2.28.